The Bertz CT molecular complexity index is 627. The second kappa shape index (κ2) is 6.76. The minimum Gasteiger partial charge on any atom is -0.375 e. The zero-order valence-electron chi connectivity index (χ0n) is 13.1. The van der Waals surface area contributed by atoms with Gasteiger partial charge >= 0.3 is 0 Å². The van der Waals surface area contributed by atoms with Crippen molar-refractivity contribution in [1.82, 2.24) is 9.62 Å². The van der Waals surface area contributed by atoms with E-state index in [4.69, 9.17) is 4.74 Å². The van der Waals surface area contributed by atoms with Crippen molar-refractivity contribution in [2.75, 3.05) is 13.2 Å². The van der Waals surface area contributed by atoms with Crippen molar-refractivity contribution < 1.29 is 17.9 Å². The van der Waals surface area contributed by atoms with Gasteiger partial charge in [-0.05, 0) is 31.5 Å². The molecule has 2 rings (SSSR count). The molecule has 0 spiro atoms. The van der Waals surface area contributed by atoms with Crippen molar-refractivity contribution in [1.29, 1.82) is 0 Å². The summed E-state index contributed by atoms with van der Waals surface area (Å²) >= 11 is 0. The molecule has 1 amide bonds. The molecule has 1 aromatic rings. The van der Waals surface area contributed by atoms with Crippen LogP contribution in [0.3, 0.4) is 0 Å². The molecule has 0 aromatic heterocycles. The van der Waals surface area contributed by atoms with E-state index in [9.17, 15) is 13.2 Å². The smallest absolute Gasteiger partial charge is 0.243 e. The summed E-state index contributed by atoms with van der Waals surface area (Å²) in [5, 5.41) is 2.68. The lowest BCUT2D eigenvalue weighted by Gasteiger charge is -2.35. The molecule has 122 valence electrons. The number of benzene rings is 1. The number of hydrogen-bond acceptors (Lipinski definition) is 4. The highest BCUT2D eigenvalue weighted by Crippen LogP contribution is 2.22. The van der Waals surface area contributed by atoms with Gasteiger partial charge in [0.25, 0.3) is 0 Å². The van der Waals surface area contributed by atoms with E-state index < -0.39 is 10.0 Å². The largest absolute Gasteiger partial charge is 0.375 e. The highest BCUT2D eigenvalue weighted by Gasteiger charge is 2.33. The summed E-state index contributed by atoms with van der Waals surface area (Å²) in [6.45, 7) is 6.30. The SMILES string of the molecule is CC(=O)NCc1ccc(S(=O)(=O)N2C[C@@H](C)OC[C@H]2C)cc1. The molecule has 1 aromatic carbocycles. The monoisotopic (exact) mass is 326 g/mol. The average Bonchev–Trinajstić information content (AvgIpc) is 2.48. The van der Waals surface area contributed by atoms with Crippen molar-refractivity contribution in [3.8, 4) is 0 Å². The highest BCUT2D eigenvalue weighted by atomic mass is 32.2. The topological polar surface area (TPSA) is 75.7 Å². The molecule has 1 aliphatic heterocycles. The minimum atomic E-state index is -3.53. The van der Waals surface area contributed by atoms with Gasteiger partial charge in [0.1, 0.15) is 0 Å². The van der Waals surface area contributed by atoms with Gasteiger partial charge in [-0.15, -0.1) is 0 Å². The van der Waals surface area contributed by atoms with E-state index in [0.29, 0.717) is 19.7 Å². The van der Waals surface area contributed by atoms with Crippen LogP contribution in [0, 0.1) is 0 Å². The van der Waals surface area contributed by atoms with Crippen molar-refractivity contribution in [2.24, 2.45) is 0 Å². The van der Waals surface area contributed by atoms with Gasteiger partial charge in [-0.25, -0.2) is 8.42 Å². The number of morpholine rings is 1. The number of carbonyl (C=O) groups is 1. The predicted molar refractivity (Wildman–Crippen MR) is 82.7 cm³/mol. The number of sulfonamides is 1. The number of hydrogen-bond donors (Lipinski definition) is 1. The third-order valence-electron chi connectivity index (χ3n) is 3.62. The number of nitrogens with one attached hydrogen (secondary N) is 1. The Morgan fingerprint density at radius 2 is 1.95 bits per heavy atom. The van der Waals surface area contributed by atoms with E-state index >= 15 is 0 Å². The molecule has 7 heteroatoms. The van der Waals surface area contributed by atoms with E-state index in [1.807, 2.05) is 13.8 Å². The average molecular weight is 326 g/mol. The molecule has 1 aliphatic rings. The predicted octanol–water partition coefficient (Wildman–Crippen LogP) is 1.12. The molecule has 0 unspecified atom stereocenters. The number of carbonyl (C=O) groups excluding carboxylic acids is 1. The summed E-state index contributed by atoms with van der Waals surface area (Å²) in [6, 6.07) is 6.42. The number of rotatable bonds is 4. The van der Waals surface area contributed by atoms with Gasteiger partial charge in [0.2, 0.25) is 15.9 Å². The molecule has 1 N–H and O–H groups in total. The maximum Gasteiger partial charge on any atom is 0.243 e. The van der Waals surface area contributed by atoms with Crippen LogP contribution >= 0.6 is 0 Å². The molecule has 0 radical (unpaired) electrons. The quantitative estimate of drug-likeness (QED) is 0.900. The number of nitrogens with zero attached hydrogens (tertiary/aromatic N) is 1. The zero-order chi connectivity index (χ0) is 16.3. The van der Waals surface area contributed by atoms with E-state index in [2.05, 4.69) is 5.32 Å². The van der Waals surface area contributed by atoms with Gasteiger partial charge in [-0.1, -0.05) is 12.1 Å². The van der Waals surface area contributed by atoms with E-state index in [0.717, 1.165) is 5.56 Å². The summed E-state index contributed by atoms with van der Waals surface area (Å²) in [5.74, 6) is -0.118. The molecule has 2 atom stereocenters. The molecule has 0 bridgehead atoms. The lowest BCUT2D eigenvalue weighted by Crippen LogP contribution is -2.50. The fraction of sp³-hybridized carbons (Fsp3) is 0.533. The van der Waals surface area contributed by atoms with Crippen LogP contribution in [-0.4, -0.2) is 43.9 Å². The molecule has 0 saturated carbocycles. The minimum absolute atomic E-state index is 0.106. The third kappa shape index (κ3) is 3.85. The standard InChI is InChI=1S/C15H22N2O4S/c1-11-10-21-12(2)9-17(11)22(19,20)15-6-4-14(5-7-15)8-16-13(3)18/h4-7,11-12H,8-10H2,1-3H3,(H,16,18)/t11-,12-/m1/s1. The second-order valence-corrected chi connectivity index (χ2v) is 7.51. The van der Waals surface area contributed by atoms with E-state index in [1.54, 1.807) is 24.3 Å². The van der Waals surface area contributed by atoms with Crippen molar-refractivity contribution in [3.05, 3.63) is 29.8 Å². The Balaban J connectivity index is 2.17. The number of ether oxygens (including phenoxy) is 1. The summed E-state index contributed by atoms with van der Waals surface area (Å²) < 4.78 is 32.4. The fourth-order valence-corrected chi connectivity index (χ4v) is 4.04. The molecule has 1 fully saturated rings. The summed E-state index contributed by atoms with van der Waals surface area (Å²) in [7, 11) is -3.53. The molecular formula is C15H22N2O4S. The van der Waals surface area contributed by atoms with Crippen molar-refractivity contribution in [2.45, 2.75) is 44.4 Å². The van der Waals surface area contributed by atoms with Gasteiger partial charge in [0.05, 0.1) is 17.6 Å². The lowest BCUT2D eigenvalue weighted by molar-refractivity contribution is -0.119. The van der Waals surface area contributed by atoms with Gasteiger partial charge < -0.3 is 10.1 Å². The van der Waals surface area contributed by atoms with E-state index in [1.165, 1.54) is 11.2 Å². The van der Waals surface area contributed by atoms with Gasteiger partial charge in [-0.3, -0.25) is 4.79 Å². The van der Waals surface area contributed by atoms with E-state index in [-0.39, 0.29) is 22.9 Å². The van der Waals surface area contributed by atoms with Crippen LogP contribution in [0.15, 0.2) is 29.2 Å². The molecule has 1 saturated heterocycles. The first-order chi connectivity index (χ1) is 10.3. The van der Waals surface area contributed by atoms with Crippen LogP contribution in [0.5, 0.6) is 0 Å². The maximum absolute atomic E-state index is 12.7. The van der Waals surface area contributed by atoms with Crippen LogP contribution in [0.25, 0.3) is 0 Å². The van der Waals surface area contributed by atoms with Crippen LogP contribution in [0.2, 0.25) is 0 Å². The number of amides is 1. The van der Waals surface area contributed by atoms with Crippen LogP contribution in [-0.2, 0) is 26.1 Å². The Morgan fingerprint density at radius 1 is 1.32 bits per heavy atom. The first kappa shape index (κ1) is 16.9. The zero-order valence-corrected chi connectivity index (χ0v) is 13.9. The van der Waals surface area contributed by atoms with Gasteiger partial charge in [0.15, 0.2) is 0 Å². The molecule has 1 heterocycles. The fourth-order valence-electron chi connectivity index (χ4n) is 2.35. The Kier molecular flexibility index (Phi) is 5.20. The highest BCUT2D eigenvalue weighted by molar-refractivity contribution is 7.89. The summed E-state index contributed by atoms with van der Waals surface area (Å²) in [5.41, 5.74) is 0.859. The summed E-state index contributed by atoms with van der Waals surface area (Å²) in [6.07, 6.45) is -0.106. The van der Waals surface area contributed by atoms with Crippen LogP contribution in [0.4, 0.5) is 0 Å². The van der Waals surface area contributed by atoms with Crippen LogP contribution < -0.4 is 5.32 Å². The first-order valence-electron chi connectivity index (χ1n) is 7.27. The second-order valence-electron chi connectivity index (χ2n) is 5.62. The normalized spacial score (nSPS) is 23.2. The van der Waals surface area contributed by atoms with Gasteiger partial charge in [0, 0.05) is 26.1 Å². The molecule has 0 aliphatic carbocycles. The summed E-state index contributed by atoms with van der Waals surface area (Å²) in [4.78, 5) is 11.2. The molecule has 6 nitrogen and oxygen atoms in total. The first-order valence-corrected chi connectivity index (χ1v) is 8.71. The molecule has 22 heavy (non-hydrogen) atoms. The van der Waals surface area contributed by atoms with Gasteiger partial charge in [-0.2, -0.15) is 4.31 Å². The van der Waals surface area contributed by atoms with Crippen molar-refractivity contribution in [3.63, 3.8) is 0 Å². The third-order valence-corrected chi connectivity index (χ3v) is 5.62. The Hall–Kier alpha value is -1.44. The van der Waals surface area contributed by atoms with Crippen molar-refractivity contribution >= 4 is 15.9 Å². The van der Waals surface area contributed by atoms with Crippen LogP contribution in [0.1, 0.15) is 26.3 Å². The Morgan fingerprint density at radius 3 is 2.55 bits per heavy atom. The Labute approximate surface area is 131 Å². The lowest BCUT2D eigenvalue weighted by atomic mass is 10.2. The molecular weight excluding hydrogens is 304 g/mol. The maximum atomic E-state index is 12.7.